The van der Waals surface area contributed by atoms with Crippen molar-refractivity contribution in [3.63, 3.8) is 0 Å². The van der Waals surface area contributed by atoms with Gasteiger partial charge in [0.1, 0.15) is 28.0 Å². The number of carbonyl (C=O) groups is 3. The van der Waals surface area contributed by atoms with Crippen molar-refractivity contribution in [2.24, 2.45) is 11.8 Å². The van der Waals surface area contributed by atoms with Gasteiger partial charge in [-0.15, -0.1) is 0 Å². The lowest BCUT2D eigenvalue weighted by molar-refractivity contribution is -0.605. The number of methoxy groups -OCH3 is 1. The molecule has 3 atom stereocenters. The van der Waals surface area contributed by atoms with Gasteiger partial charge in [0.15, 0.2) is 29.9 Å². The Hall–Kier alpha value is -5.59. The number of esters is 2. The molecular weight excluding hydrogens is 884 g/mol. The van der Waals surface area contributed by atoms with E-state index in [1.807, 2.05) is 0 Å². The molecule has 3 saturated heterocycles. The lowest BCUT2D eigenvalue weighted by Gasteiger charge is -2.44. The second-order valence-electron chi connectivity index (χ2n) is 15.1. The van der Waals surface area contributed by atoms with E-state index in [4.69, 9.17) is 56.8 Å². The van der Waals surface area contributed by atoms with Crippen LogP contribution in [0.1, 0.15) is 64.9 Å². The molecule has 338 valence electrons. The summed E-state index contributed by atoms with van der Waals surface area (Å²) in [6.45, 7) is -0.0893. The maximum atomic E-state index is 14.0. The number of nitrogens with zero attached hydrogens (tertiary/aromatic N) is 2. The molecule has 4 fully saturated rings. The number of hydrogen-bond acceptors (Lipinski definition) is 11. The normalized spacial score (nSPS) is 18.9. The van der Waals surface area contributed by atoms with Crippen molar-refractivity contribution in [3.8, 4) is 17.2 Å². The lowest BCUT2D eigenvalue weighted by Crippen LogP contribution is -2.52. The minimum Gasteiger partial charge on any atom is -0.619 e. The van der Waals surface area contributed by atoms with Gasteiger partial charge < -0.3 is 39.3 Å². The van der Waals surface area contributed by atoms with Crippen molar-refractivity contribution in [2.75, 3.05) is 38.7 Å². The number of piperidine rings is 3. The molecule has 4 heterocycles. The minimum atomic E-state index is -5.08. The number of halogens is 7. The topological polar surface area (TPSA) is 160 Å². The van der Waals surface area contributed by atoms with Crippen LogP contribution in [0.5, 0.6) is 17.2 Å². The van der Waals surface area contributed by atoms with E-state index in [1.54, 1.807) is 55.6 Å². The zero-order chi connectivity index (χ0) is 45.4. The zero-order valence-electron chi connectivity index (χ0n) is 33.5. The van der Waals surface area contributed by atoms with Gasteiger partial charge in [0, 0.05) is 24.2 Å². The van der Waals surface area contributed by atoms with Gasteiger partial charge in [-0.05, 0) is 104 Å². The van der Waals surface area contributed by atoms with Crippen LogP contribution in [0.25, 0.3) is 0 Å². The Bertz CT molecular complexity index is 2220. The van der Waals surface area contributed by atoms with E-state index in [0.29, 0.717) is 57.8 Å². The number of nitrogens with one attached hydrogen (secondary N) is 1. The van der Waals surface area contributed by atoms with Crippen LogP contribution >= 0.6 is 23.2 Å². The number of pyridine rings is 1. The number of carboxylic acid groups (broad SMARTS) is 1. The van der Waals surface area contributed by atoms with E-state index < -0.39 is 42.8 Å². The molecule has 63 heavy (non-hydrogen) atoms. The Morgan fingerprint density at radius 2 is 1.59 bits per heavy atom. The average Bonchev–Trinajstić information content (AvgIpc) is 4.08. The quantitative estimate of drug-likeness (QED) is 0.0478. The highest BCUT2D eigenvalue weighted by Crippen LogP contribution is 2.39. The van der Waals surface area contributed by atoms with Crippen LogP contribution in [0.15, 0.2) is 79.1 Å². The Morgan fingerprint density at radius 3 is 2.16 bits per heavy atom. The fourth-order valence-electron chi connectivity index (χ4n) is 7.10. The molecule has 2 bridgehead atoms. The molecule has 3 aromatic carbocycles. The SMILES string of the molecule is COc1ccc(C(Nc2cccc(C(=O)O[C@@H](Cc3c(Cl)c[n+]([O-])cc3Cl)c3ccc(OC(F)F)c(OCC4CC4)c3)c2)C(=O)O[C@H]2CN3CCC2CC3)cc1.O=C(O)C(F)(F)F. The zero-order valence-corrected chi connectivity index (χ0v) is 35.0. The van der Waals surface area contributed by atoms with E-state index in [1.165, 1.54) is 18.2 Å². The molecule has 4 aliphatic rings. The molecule has 13 nitrogen and oxygen atoms in total. The number of aliphatic carboxylic acids is 1. The molecule has 0 radical (unpaired) electrons. The highest BCUT2D eigenvalue weighted by atomic mass is 35.5. The Morgan fingerprint density at radius 1 is 0.937 bits per heavy atom. The van der Waals surface area contributed by atoms with Gasteiger partial charge in [0.25, 0.3) is 0 Å². The number of ether oxygens (including phenoxy) is 5. The van der Waals surface area contributed by atoms with Gasteiger partial charge >= 0.3 is 30.7 Å². The standard InChI is InChI=1S/C41H41Cl2F2N3O8.C2HF3O2/c1-52-30-10-7-26(8-11-30)38(40(50)55-37-22-47-15-13-25(37)14-16-47)46-29-4-2-3-28(17-29)39(49)54-35(19-31-32(42)20-48(51)21-33(31)43)27-9-12-34(56-41(44)45)36(18-27)53-23-24-5-6-24;3-2(4,5)1(6)7/h2-4,7-12,17-18,20-21,24-25,35,37-38,41,46H,5-6,13-16,19,22-23H2,1H3;(H,6,7)/t35-,37-,38?;/m0./s1. The highest BCUT2D eigenvalue weighted by Gasteiger charge is 2.39. The maximum Gasteiger partial charge on any atom is 0.490 e. The molecule has 1 aliphatic carbocycles. The number of aromatic nitrogens is 1. The average molecular weight is 927 g/mol. The number of fused-ring (bicyclic) bond motifs is 3. The smallest absolute Gasteiger partial charge is 0.490 e. The summed E-state index contributed by atoms with van der Waals surface area (Å²) < 4.78 is 87.0. The molecule has 1 aromatic heterocycles. The van der Waals surface area contributed by atoms with E-state index >= 15 is 0 Å². The number of benzene rings is 3. The van der Waals surface area contributed by atoms with Crippen molar-refractivity contribution in [2.45, 2.75) is 63.1 Å². The fraction of sp³-hybridized carbons (Fsp3) is 0.395. The summed E-state index contributed by atoms with van der Waals surface area (Å²) in [5, 5.41) is 22.5. The first-order valence-electron chi connectivity index (χ1n) is 19.7. The van der Waals surface area contributed by atoms with Gasteiger partial charge in [-0.25, -0.2) is 14.4 Å². The summed E-state index contributed by atoms with van der Waals surface area (Å²) in [5.74, 6) is -2.83. The number of carboxylic acids is 1. The Balaban J connectivity index is 0.000000871. The second-order valence-corrected chi connectivity index (χ2v) is 15.9. The molecule has 8 rings (SSSR count). The second kappa shape index (κ2) is 20.7. The van der Waals surface area contributed by atoms with Gasteiger partial charge in [-0.2, -0.15) is 26.7 Å². The molecule has 0 spiro atoms. The number of anilines is 1. The third-order valence-corrected chi connectivity index (χ3v) is 11.3. The summed E-state index contributed by atoms with van der Waals surface area (Å²) in [6.07, 6.45) is -0.319. The van der Waals surface area contributed by atoms with Crippen molar-refractivity contribution < 1.29 is 69.9 Å². The number of rotatable bonds is 16. The first-order valence-corrected chi connectivity index (χ1v) is 20.5. The molecule has 1 saturated carbocycles. The molecule has 4 aromatic rings. The lowest BCUT2D eigenvalue weighted by atomic mass is 9.86. The van der Waals surface area contributed by atoms with Crippen LogP contribution in [0, 0.1) is 17.0 Å². The van der Waals surface area contributed by atoms with Crippen molar-refractivity contribution in [3.05, 3.63) is 117 Å². The molecule has 0 amide bonds. The maximum absolute atomic E-state index is 14.0. The predicted octanol–water partition coefficient (Wildman–Crippen LogP) is 8.59. The third kappa shape index (κ3) is 13.0. The van der Waals surface area contributed by atoms with Crippen LogP contribution in [-0.2, 0) is 25.5 Å². The Kier molecular flexibility index (Phi) is 15.4. The van der Waals surface area contributed by atoms with Crippen LogP contribution < -0.4 is 24.3 Å². The van der Waals surface area contributed by atoms with Crippen LogP contribution in [-0.4, -0.2) is 80.2 Å². The molecular formula is C43H42Cl2F5N3O10. The summed E-state index contributed by atoms with van der Waals surface area (Å²) in [4.78, 5) is 39.1. The molecule has 1 unspecified atom stereocenters. The number of carbonyl (C=O) groups excluding carboxylic acids is 2. The van der Waals surface area contributed by atoms with Gasteiger partial charge in [-0.3, -0.25) is 4.90 Å². The number of hydrogen-bond donors (Lipinski definition) is 2. The van der Waals surface area contributed by atoms with Crippen molar-refractivity contribution in [1.82, 2.24) is 4.90 Å². The Labute approximate surface area is 368 Å². The summed E-state index contributed by atoms with van der Waals surface area (Å²) in [5.41, 5.74) is 1.93. The van der Waals surface area contributed by atoms with Gasteiger partial charge in [0.05, 0.1) is 19.3 Å². The summed E-state index contributed by atoms with van der Waals surface area (Å²) >= 11 is 12.9. The van der Waals surface area contributed by atoms with Crippen LogP contribution in [0.3, 0.4) is 0 Å². The van der Waals surface area contributed by atoms with Crippen molar-refractivity contribution in [1.29, 1.82) is 0 Å². The summed E-state index contributed by atoms with van der Waals surface area (Å²) in [6, 6.07) is 16.9. The van der Waals surface area contributed by atoms with Crippen LogP contribution in [0.4, 0.5) is 27.6 Å². The third-order valence-electron chi connectivity index (χ3n) is 10.6. The molecule has 3 aliphatic heterocycles. The molecule has 20 heteroatoms. The van der Waals surface area contributed by atoms with E-state index in [0.717, 1.165) is 51.2 Å². The summed E-state index contributed by atoms with van der Waals surface area (Å²) in [7, 11) is 1.56. The van der Waals surface area contributed by atoms with Crippen LogP contribution in [0.2, 0.25) is 10.0 Å². The number of alkyl halides is 5. The first-order chi connectivity index (χ1) is 30.0. The molecule has 2 N–H and O–H groups in total. The monoisotopic (exact) mass is 925 g/mol. The van der Waals surface area contributed by atoms with E-state index in [2.05, 4.69) is 10.2 Å². The highest BCUT2D eigenvalue weighted by molar-refractivity contribution is 6.35. The van der Waals surface area contributed by atoms with E-state index in [-0.39, 0.29) is 39.6 Å². The predicted molar refractivity (Wildman–Crippen MR) is 217 cm³/mol. The van der Waals surface area contributed by atoms with Gasteiger partial charge in [0.2, 0.25) is 0 Å². The fourth-order valence-corrected chi connectivity index (χ4v) is 7.70. The van der Waals surface area contributed by atoms with E-state index in [9.17, 15) is 36.7 Å². The minimum absolute atomic E-state index is 0.0392. The first kappa shape index (κ1) is 46.9. The largest absolute Gasteiger partial charge is 0.619 e. The van der Waals surface area contributed by atoms with Gasteiger partial charge in [-0.1, -0.05) is 47.5 Å². The van der Waals surface area contributed by atoms with Crippen molar-refractivity contribution >= 4 is 46.8 Å².